The number of aromatic nitrogens is 3. The summed E-state index contributed by atoms with van der Waals surface area (Å²) in [6.45, 7) is 0.284. The number of fused-ring (bicyclic) bond motifs is 1. The average molecular weight is 449 g/mol. The summed E-state index contributed by atoms with van der Waals surface area (Å²) in [5.74, 6) is -0.315. The third-order valence-electron chi connectivity index (χ3n) is 5.12. The molecular formula is C24H21ClN4O3. The van der Waals surface area contributed by atoms with Gasteiger partial charge < -0.3 is 5.32 Å². The van der Waals surface area contributed by atoms with Crippen molar-refractivity contribution >= 4 is 28.5 Å². The van der Waals surface area contributed by atoms with Gasteiger partial charge >= 0.3 is 5.69 Å². The number of benzene rings is 2. The molecule has 1 N–H and O–H groups in total. The largest absolute Gasteiger partial charge is 0.354 e. The third-order valence-corrected chi connectivity index (χ3v) is 5.37. The van der Waals surface area contributed by atoms with Crippen LogP contribution in [0.1, 0.15) is 11.1 Å². The summed E-state index contributed by atoms with van der Waals surface area (Å²) in [4.78, 5) is 42.9. The molecule has 4 rings (SSSR count). The molecule has 0 atom stereocenters. The Morgan fingerprint density at radius 3 is 2.41 bits per heavy atom. The van der Waals surface area contributed by atoms with Crippen molar-refractivity contribution in [2.45, 2.75) is 19.5 Å². The van der Waals surface area contributed by atoms with Crippen molar-refractivity contribution in [1.82, 2.24) is 19.4 Å². The number of halogens is 1. The van der Waals surface area contributed by atoms with Gasteiger partial charge in [0.05, 0.1) is 12.1 Å². The van der Waals surface area contributed by atoms with Crippen molar-refractivity contribution in [2.75, 3.05) is 6.54 Å². The normalized spacial score (nSPS) is 10.9. The first-order valence-electron chi connectivity index (χ1n) is 10.2. The molecule has 0 saturated heterocycles. The summed E-state index contributed by atoms with van der Waals surface area (Å²) >= 11 is 5.93. The minimum Gasteiger partial charge on any atom is -0.354 e. The molecule has 0 radical (unpaired) electrons. The number of pyridine rings is 1. The van der Waals surface area contributed by atoms with E-state index in [0.29, 0.717) is 23.5 Å². The molecule has 0 bridgehead atoms. The van der Waals surface area contributed by atoms with Crippen molar-refractivity contribution in [1.29, 1.82) is 0 Å². The lowest BCUT2D eigenvalue weighted by Gasteiger charge is -2.14. The molecule has 0 unspecified atom stereocenters. The van der Waals surface area contributed by atoms with E-state index in [4.69, 9.17) is 11.6 Å². The Bertz CT molecular complexity index is 1360. The Kier molecular flexibility index (Phi) is 6.47. The van der Waals surface area contributed by atoms with Crippen LogP contribution in [-0.4, -0.2) is 26.6 Å². The summed E-state index contributed by atoms with van der Waals surface area (Å²) in [7, 11) is 0. The van der Waals surface area contributed by atoms with E-state index in [1.54, 1.807) is 36.4 Å². The molecule has 7 nitrogen and oxygen atoms in total. The monoisotopic (exact) mass is 448 g/mol. The Morgan fingerprint density at radius 1 is 0.906 bits per heavy atom. The summed E-state index contributed by atoms with van der Waals surface area (Å²) in [6.07, 6.45) is 2.17. The van der Waals surface area contributed by atoms with Crippen molar-refractivity contribution < 1.29 is 4.79 Å². The van der Waals surface area contributed by atoms with Crippen molar-refractivity contribution in [3.05, 3.63) is 110 Å². The Labute approximate surface area is 188 Å². The van der Waals surface area contributed by atoms with Gasteiger partial charge in [0, 0.05) is 17.8 Å². The van der Waals surface area contributed by atoms with Gasteiger partial charge in [0.1, 0.15) is 6.54 Å². The first-order valence-corrected chi connectivity index (χ1v) is 10.5. The molecule has 0 aliphatic heterocycles. The highest BCUT2D eigenvalue weighted by atomic mass is 35.5. The molecular weight excluding hydrogens is 428 g/mol. The van der Waals surface area contributed by atoms with E-state index in [9.17, 15) is 14.4 Å². The zero-order chi connectivity index (χ0) is 22.5. The molecule has 0 saturated carbocycles. The second-order valence-corrected chi connectivity index (χ2v) is 7.78. The molecule has 1 amide bonds. The number of nitrogens with zero attached hydrogens (tertiary/aromatic N) is 3. The Morgan fingerprint density at radius 2 is 1.66 bits per heavy atom. The fourth-order valence-corrected chi connectivity index (χ4v) is 3.62. The van der Waals surface area contributed by atoms with Gasteiger partial charge in [-0.05, 0) is 41.8 Å². The van der Waals surface area contributed by atoms with Crippen LogP contribution in [0.15, 0.2) is 82.5 Å². The number of carbonyl (C=O) groups is 1. The van der Waals surface area contributed by atoms with E-state index in [1.165, 1.54) is 10.8 Å². The number of nitrogens with one attached hydrogen (secondary N) is 1. The maximum Gasteiger partial charge on any atom is 0.332 e. The first-order chi connectivity index (χ1) is 15.5. The van der Waals surface area contributed by atoms with E-state index in [0.717, 1.165) is 15.7 Å². The molecule has 0 aliphatic carbocycles. The SMILES string of the molecule is O=C(Cn1c(=O)n(Cc2ccc(Cl)cc2)c(=O)c2ncccc21)NCCc1ccccc1. The number of hydrogen-bond donors (Lipinski definition) is 1. The lowest BCUT2D eigenvalue weighted by molar-refractivity contribution is -0.121. The van der Waals surface area contributed by atoms with Gasteiger partial charge in [-0.25, -0.2) is 9.78 Å². The van der Waals surface area contributed by atoms with E-state index in [1.807, 2.05) is 30.3 Å². The minimum atomic E-state index is -0.566. The molecule has 2 aromatic heterocycles. The molecule has 32 heavy (non-hydrogen) atoms. The third kappa shape index (κ3) is 4.78. The molecule has 2 aromatic carbocycles. The smallest absolute Gasteiger partial charge is 0.332 e. The van der Waals surface area contributed by atoms with Crippen LogP contribution in [0, 0.1) is 0 Å². The second kappa shape index (κ2) is 9.62. The van der Waals surface area contributed by atoms with Crippen LogP contribution >= 0.6 is 11.6 Å². The van der Waals surface area contributed by atoms with Gasteiger partial charge in [-0.15, -0.1) is 0 Å². The number of amides is 1. The molecule has 2 heterocycles. The summed E-state index contributed by atoms with van der Waals surface area (Å²) in [6, 6.07) is 19.9. The number of carbonyl (C=O) groups excluding carboxylic acids is 1. The van der Waals surface area contributed by atoms with Crippen molar-refractivity contribution in [2.24, 2.45) is 0 Å². The van der Waals surface area contributed by atoms with Crippen LogP contribution in [0.25, 0.3) is 11.0 Å². The minimum absolute atomic E-state index is 0.0526. The van der Waals surface area contributed by atoms with Gasteiger partial charge in [-0.1, -0.05) is 54.1 Å². The Balaban J connectivity index is 1.61. The van der Waals surface area contributed by atoms with Crippen LogP contribution in [0.2, 0.25) is 5.02 Å². The quantitative estimate of drug-likeness (QED) is 0.471. The lowest BCUT2D eigenvalue weighted by Crippen LogP contribution is -2.43. The molecule has 0 spiro atoms. The van der Waals surface area contributed by atoms with Crippen LogP contribution in [0.3, 0.4) is 0 Å². The number of hydrogen-bond acceptors (Lipinski definition) is 4. The first kappa shape index (κ1) is 21.5. The number of rotatable bonds is 7. The van der Waals surface area contributed by atoms with E-state index < -0.39 is 11.2 Å². The molecule has 0 fully saturated rings. The molecule has 8 heteroatoms. The lowest BCUT2D eigenvalue weighted by atomic mass is 10.1. The molecule has 4 aromatic rings. The van der Waals surface area contributed by atoms with Crippen molar-refractivity contribution in [3.8, 4) is 0 Å². The highest BCUT2D eigenvalue weighted by Gasteiger charge is 2.16. The van der Waals surface area contributed by atoms with E-state index >= 15 is 0 Å². The second-order valence-electron chi connectivity index (χ2n) is 7.34. The van der Waals surface area contributed by atoms with Crippen molar-refractivity contribution in [3.63, 3.8) is 0 Å². The molecule has 162 valence electrons. The zero-order valence-electron chi connectivity index (χ0n) is 17.2. The Hall–Kier alpha value is -3.71. The van der Waals surface area contributed by atoms with Crippen LogP contribution < -0.4 is 16.6 Å². The fraction of sp³-hybridized carbons (Fsp3) is 0.167. The van der Waals surface area contributed by atoms with Gasteiger partial charge in [0.15, 0.2) is 5.52 Å². The van der Waals surface area contributed by atoms with E-state index in [2.05, 4.69) is 10.3 Å². The topological polar surface area (TPSA) is 86.0 Å². The predicted molar refractivity (Wildman–Crippen MR) is 124 cm³/mol. The van der Waals surface area contributed by atoms with Crippen LogP contribution in [-0.2, 0) is 24.3 Å². The zero-order valence-corrected chi connectivity index (χ0v) is 18.0. The maximum absolute atomic E-state index is 13.2. The van der Waals surface area contributed by atoms with Gasteiger partial charge in [-0.2, -0.15) is 0 Å². The van der Waals surface area contributed by atoms with Gasteiger partial charge in [0.2, 0.25) is 5.91 Å². The maximum atomic E-state index is 13.2. The van der Waals surface area contributed by atoms with Gasteiger partial charge in [-0.3, -0.25) is 18.7 Å². The highest BCUT2D eigenvalue weighted by molar-refractivity contribution is 6.30. The van der Waals surface area contributed by atoms with Crippen LogP contribution in [0.5, 0.6) is 0 Å². The summed E-state index contributed by atoms with van der Waals surface area (Å²) < 4.78 is 2.38. The summed E-state index contributed by atoms with van der Waals surface area (Å²) in [5.41, 5.74) is 1.25. The standard InChI is InChI=1S/C24H21ClN4O3/c25-19-10-8-18(9-11-19)15-29-23(31)22-20(7-4-13-27-22)28(24(29)32)16-21(30)26-14-12-17-5-2-1-3-6-17/h1-11,13H,12,14-16H2,(H,26,30). The van der Waals surface area contributed by atoms with Gasteiger partial charge in [0.25, 0.3) is 5.56 Å². The predicted octanol–water partition coefficient (Wildman–Crippen LogP) is 2.62. The molecule has 0 aliphatic rings. The summed E-state index contributed by atoms with van der Waals surface area (Å²) in [5, 5.41) is 3.40. The average Bonchev–Trinajstić information content (AvgIpc) is 2.81. The van der Waals surface area contributed by atoms with E-state index in [-0.39, 0.29) is 24.5 Å². The van der Waals surface area contributed by atoms with Crippen LogP contribution in [0.4, 0.5) is 0 Å². The fourth-order valence-electron chi connectivity index (χ4n) is 3.50. The highest BCUT2D eigenvalue weighted by Crippen LogP contribution is 2.10.